The van der Waals surface area contributed by atoms with E-state index in [4.69, 9.17) is 0 Å². The molecule has 3 aliphatic rings. The lowest BCUT2D eigenvalue weighted by molar-refractivity contribution is -0.124. The second kappa shape index (κ2) is 6.10. The molecule has 0 aliphatic heterocycles. The molecule has 4 atom stereocenters. The Morgan fingerprint density at radius 2 is 2.00 bits per heavy atom. The number of nitrogens with zero attached hydrogens (tertiary/aromatic N) is 1. The Balaban J connectivity index is 1.16. The summed E-state index contributed by atoms with van der Waals surface area (Å²) in [4.78, 5) is 29.1. The molecular formula is C22H23N5O3. The highest BCUT2D eigenvalue weighted by Gasteiger charge is 2.66. The predicted octanol–water partition coefficient (Wildman–Crippen LogP) is 1.88. The number of fused-ring (bicyclic) bond motifs is 4. The van der Waals surface area contributed by atoms with Crippen LogP contribution in [0.15, 0.2) is 30.5 Å². The summed E-state index contributed by atoms with van der Waals surface area (Å²) in [6.45, 7) is 0. The van der Waals surface area contributed by atoms with E-state index in [0.29, 0.717) is 11.6 Å². The van der Waals surface area contributed by atoms with Crippen molar-refractivity contribution < 1.29 is 14.7 Å². The van der Waals surface area contributed by atoms with E-state index in [1.54, 1.807) is 24.3 Å². The monoisotopic (exact) mass is 405 g/mol. The van der Waals surface area contributed by atoms with Gasteiger partial charge in [-0.05, 0) is 67.9 Å². The van der Waals surface area contributed by atoms with Gasteiger partial charge in [0, 0.05) is 23.0 Å². The lowest BCUT2D eigenvalue weighted by Crippen LogP contribution is -2.51. The highest BCUT2D eigenvalue weighted by Crippen LogP contribution is 2.61. The number of amides is 2. The van der Waals surface area contributed by atoms with Crippen molar-refractivity contribution in [2.24, 2.45) is 5.92 Å². The van der Waals surface area contributed by atoms with Gasteiger partial charge in [-0.15, -0.1) is 0 Å². The molecule has 30 heavy (non-hydrogen) atoms. The Bertz CT molecular complexity index is 1180. The molecule has 2 saturated carbocycles. The van der Waals surface area contributed by atoms with Crippen molar-refractivity contribution in [1.29, 1.82) is 0 Å². The molecule has 3 aromatic rings. The zero-order chi connectivity index (χ0) is 20.5. The van der Waals surface area contributed by atoms with Gasteiger partial charge >= 0.3 is 0 Å². The third-order valence-electron chi connectivity index (χ3n) is 7.14. The number of H-pyrrole nitrogens is 2. The van der Waals surface area contributed by atoms with E-state index in [2.05, 4.69) is 25.8 Å². The van der Waals surface area contributed by atoms with E-state index in [0.717, 1.165) is 54.3 Å². The lowest BCUT2D eigenvalue weighted by Gasteiger charge is -2.24. The van der Waals surface area contributed by atoms with Crippen LogP contribution in [-0.4, -0.2) is 44.2 Å². The fraction of sp³-hybridized carbons (Fsp3) is 0.409. The van der Waals surface area contributed by atoms with Gasteiger partial charge in [-0.2, -0.15) is 5.10 Å². The maximum Gasteiger partial charge on any atom is 0.268 e. The fourth-order valence-corrected chi connectivity index (χ4v) is 5.48. The van der Waals surface area contributed by atoms with Crippen LogP contribution in [0.25, 0.3) is 10.9 Å². The lowest BCUT2D eigenvalue weighted by atomic mass is 10.0. The second-order valence-corrected chi connectivity index (χ2v) is 8.89. The van der Waals surface area contributed by atoms with E-state index in [-0.39, 0.29) is 29.6 Å². The smallest absolute Gasteiger partial charge is 0.268 e. The summed E-state index contributed by atoms with van der Waals surface area (Å²) in [7, 11) is 0. The molecule has 3 aliphatic carbocycles. The van der Waals surface area contributed by atoms with E-state index in [9.17, 15) is 14.7 Å². The predicted molar refractivity (Wildman–Crippen MR) is 109 cm³/mol. The molecule has 2 aromatic heterocycles. The van der Waals surface area contributed by atoms with E-state index in [1.807, 2.05) is 6.20 Å². The summed E-state index contributed by atoms with van der Waals surface area (Å²) in [6, 6.07) is 6.52. The first kappa shape index (κ1) is 17.6. The zero-order valence-electron chi connectivity index (χ0n) is 16.4. The van der Waals surface area contributed by atoms with Crippen molar-refractivity contribution in [3.63, 3.8) is 0 Å². The van der Waals surface area contributed by atoms with Gasteiger partial charge in [-0.3, -0.25) is 14.7 Å². The maximum atomic E-state index is 13.2. The Morgan fingerprint density at radius 1 is 1.17 bits per heavy atom. The largest absolute Gasteiger partial charge is 0.508 e. The highest BCUT2D eigenvalue weighted by molar-refractivity contribution is 5.98. The molecular weight excluding hydrogens is 382 g/mol. The molecule has 8 nitrogen and oxygen atoms in total. The minimum absolute atomic E-state index is 0.0581. The number of carbonyl (C=O) groups is 2. The Morgan fingerprint density at radius 3 is 2.87 bits per heavy atom. The topological polar surface area (TPSA) is 123 Å². The van der Waals surface area contributed by atoms with Crippen molar-refractivity contribution in [3.05, 3.63) is 47.4 Å². The van der Waals surface area contributed by atoms with E-state index < -0.39 is 5.41 Å². The molecule has 1 aromatic carbocycles. The number of aromatic amines is 2. The standard InChI is InChI=1S/C22H23N5O3/c28-14-4-5-15-11(7-14)8-18(24-15)20(29)25-16-2-1-3-17(16)26-21(30)22-9-13(22)6-12-10-23-27-19(12)22/h4-5,7-8,10,13,16-17,24,28H,1-3,6,9H2,(H,23,27)(H,25,29)(H,26,30)/t13-,16-,17-,22-/m1/s1. The molecule has 0 radical (unpaired) electrons. The van der Waals surface area contributed by atoms with Crippen LogP contribution in [0.1, 0.15) is 47.4 Å². The zero-order valence-corrected chi connectivity index (χ0v) is 16.4. The maximum absolute atomic E-state index is 13.2. The number of phenols is 1. The number of hydrogen-bond donors (Lipinski definition) is 5. The first-order valence-corrected chi connectivity index (χ1v) is 10.5. The van der Waals surface area contributed by atoms with Crippen LogP contribution < -0.4 is 10.6 Å². The number of carbonyl (C=O) groups excluding carboxylic acids is 2. The molecule has 0 saturated heterocycles. The molecule has 6 rings (SSSR count). The third kappa shape index (κ3) is 2.49. The van der Waals surface area contributed by atoms with Crippen molar-refractivity contribution in [1.82, 2.24) is 25.8 Å². The Hall–Kier alpha value is -3.29. The molecule has 0 bridgehead atoms. The Kier molecular flexibility index (Phi) is 3.57. The van der Waals surface area contributed by atoms with Crippen LogP contribution in [-0.2, 0) is 16.6 Å². The highest BCUT2D eigenvalue weighted by atomic mass is 16.3. The van der Waals surface area contributed by atoms with Gasteiger partial charge in [0.05, 0.1) is 17.3 Å². The van der Waals surface area contributed by atoms with Crippen molar-refractivity contribution in [3.8, 4) is 5.75 Å². The van der Waals surface area contributed by atoms with Crippen molar-refractivity contribution >= 4 is 22.7 Å². The minimum Gasteiger partial charge on any atom is -0.508 e. The van der Waals surface area contributed by atoms with Gasteiger partial charge < -0.3 is 20.7 Å². The number of benzene rings is 1. The molecule has 8 heteroatoms. The number of phenolic OH excluding ortho intramolecular Hbond substituents is 1. The van der Waals surface area contributed by atoms with Crippen LogP contribution >= 0.6 is 0 Å². The summed E-state index contributed by atoms with van der Waals surface area (Å²) in [5.41, 5.74) is 2.94. The van der Waals surface area contributed by atoms with Gasteiger partial charge in [0.1, 0.15) is 11.4 Å². The molecule has 154 valence electrons. The second-order valence-electron chi connectivity index (χ2n) is 8.89. The third-order valence-corrected chi connectivity index (χ3v) is 7.14. The van der Waals surface area contributed by atoms with E-state index in [1.165, 1.54) is 0 Å². The van der Waals surface area contributed by atoms with Crippen LogP contribution in [0.4, 0.5) is 0 Å². The summed E-state index contributed by atoms with van der Waals surface area (Å²) in [6.07, 6.45) is 6.27. The van der Waals surface area contributed by atoms with Crippen LogP contribution in [0.2, 0.25) is 0 Å². The summed E-state index contributed by atoms with van der Waals surface area (Å²) in [5.74, 6) is 0.398. The summed E-state index contributed by atoms with van der Waals surface area (Å²) >= 11 is 0. The van der Waals surface area contributed by atoms with Crippen LogP contribution in [0.5, 0.6) is 5.75 Å². The van der Waals surface area contributed by atoms with Crippen molar-refractivity contribution in [2.45, 2.75) is 49.6 Å². The average molecular weight is 405 g/mol. The van der Waals surface area contributed by atoms with E-state index >= 15 is 0 Å². The number of hydrogen-bond acceptors (Lipinski definition) is 4. The van der Waals surface area contributed by atoms with Gasteiger partial charge in [-0.1, -0.05) is 0 Å². The average Bonchev–Trinajstić information content (AvgIpc) is 3.20. The van der Waals surface area contributed by atoms with Crippen LogP contribution in [0, 0.1) is 5.92 Å². The van der Waals surface area contributed by atoms with Gasteiger partial charge in [0.25, 0.3) is 5.91 Å². The summed E-state index contributed by atoms with van der Waals surface area (Å²) < 4.78 is 0. The van der Waals surface area contributed by atoms with Gasteiger partial charge in [0.15, 0.2) is 0 Å². The fourth-order valence-electron chi connectivity index (χ4n) is 5.48. The molecule has 0 unspecified atom stereocenters. The van der Waals surface area contributed by atoms with Crippen molar-refractivity contribution in [2.75, 3.05) is 0 Å². The first-order chi connectivity index (χ1) is 14.5. The van der Waals surface area contributed by atoms with Gasteiger partial charge in [0.2, 0.25) is 5.91 Å². The Labute approximate surface area is 172 Å². The number of aromatic nitrogens is 3. The number of rotatable bonds is 4. The quantitative estimate of drug-likeness (QED) is 0.455. The minimum atomic E-state index is -0.442. The number of nitrogens with one attached hydrogen (secondary N) is 4. The van der Waals surface area contributed by atoms with Gasteiger partial charge in [-0.25, -0.2) is 0 Å². The SMILES string of the molecule is O=C(N[C@@H]1CCC[C@H]1NC(=O)[C@]12C[C@H]1Cc1cn[nH]c12)c1cc2cc(O)ccc2[nH]1. The molecule has 2 heterocycles. The first-order valence-electron chi connectivity index (χ1n) is 10.5. The normalized spacial score (nSPS) is 28.9. The molecule has 5 N–H and O–H groups in total. The molecule has 0 spiro atoms. The molecule has 2 amide bonds. The summed E-state index contributed by atoms with van der Waals surface area (Å²) in [5, 5.41) is 23.9. The van der Waals surface area contributed by atoms with Crippen LogP contribution in [0.3, 0.4) is 0 Å². The molecule has 2 fully saturated rings. The number of aromatic hydroxyl groups is 1.